The summed E-state index contributed by atoms with van der Waals surface area (Å²) in [5.41, 5.74) is 0.952. The first kappa shape index (κ1) is 11.2. The summed E-state index contributed by atoms with van der Waals surface area (Å²) in [5, 5.41) is 0. The van der Waals surface area contributed by atoms with E-state index in [0.717, 1.165) is 5.56 Å². The third-order valence-corrected chi connectivity index (χ3v) is 2.56. The second-order valence-electron chi connectivity index (χ2n) is 4.20. The number of benzene rings is 1. The number of hydrogen-bond donors (Lipinski definition) is 0. The number of ketones is 1. The lowest BCUT2D eigenvalue weighted by molar-refractivity contribution is -0.137. The largest absolute Gasteiger partial charge is 0.298 e. The number of hydrogen-bond acceptors (Lipinski definition) is 2. The quantitative estimate of drug-likeness (QED) is 0.768. The third-order valence-electron chi connectivity index (χ3n) is 2.56. The molecule has 2 rings (SSSR count). The van der Waals surface area contributed by atoms with E-state index in [0.29, 0.717) is 6.54 Å². The molecule has 1 fully saturated rings. The van der Waals surface area contributed by atoms with E-state index in [2.05, 4.69) is 0 Å². The van der Waals surface area contributed by atoms with E-state index in [1.54, 1.807) is 0 Å². The Kier molecular flexibility index (Phi) is 3.01. The molecule has 1 aliphatic heterocycles. The first-order chi connectivity index (χ1) is 7.55. The molecule has 4 heteroatoms. The summed E-state index contributed by atoms with van der Waals surface area (Å²) >= 11 is 0. The van der Waals surface area contributed by atoms with Crippen LogP contribution in [0, 0.1) is 0 Å². The average Bonchev–Trinajstić information content (AvgIpc) is 2.15. The zero-order valence-electron chi connectivity index (χ0n) is 8.83. The van der Waals surface area contributed by atoms with Crippen molar-refractivity contribution in [1.29, 1.82) is 0 Å². The maximum atomic E-state index is 13.1. The third kappa shape index (κ3) is 2.85. The lowest BCUT2D eigenvalue weighted by Crippen LogP contribution is -2.46. The van der Waals surface area contributed by atoms with Crippen molar-refractivity contribution in [2.45, 2.75) is 18.9 Å². The predicted octanol–water partition coefficient (Wildman–Crippen LogP) is 2.10. The van der Waals surface area contributed by atoms with Gasteiger partial charge in [-0.1, -0.05) is 30.3 Å². The average molecular weight is 225 g/mol. The van der Waals surface area contributed by atoms with Crippen LogP contribution in [-0.2, 0) is 11.3 Å². The number of piperidine rings is 1. The SMILES string of the molecule is O=C1CN(Cc2ccccc2)CC(F)(F)C1. The van der Waals surface area contributed by atoms with Gasteiger partial charge in [-0.05, 0) is 5.56 Å². The van der Waals surface area contributed by atoms with E-state index < -0.39 is 12.3 Å². The van der Waals surface area contributed by atoms with Gasteiger partial charge in [0.25, 0.3) is 5.92 Å². The van der Waals surface area contributed by atoms with E-state index in [4.69, 9.17) is 0 Å². The lowest BCUT2D eigenvalue weighted by atomic mass is 10.1. The molecule has 1 saturated heterocycles. The Morgan fingerprint density at radius 3 is 2.56 bits per heavy atom. The van der Waals surface area contributed by atoms with Gasteiger partial charge in [-0.25, -0.2) is 8.78 Å². The minimum Gasteiger partial charge on any atom is -0.298 e. The molecule has 0 spiro atoms. The van der Waals surface area contributed by atoms with Crippen LogP contribution in [0.3, 0.4) is 0 Å². The number of carbonyl (C=O) groups excluding carboxylic acids is 1. The Hall–Kier alpha value is -1.29. The number of carbonyl (C=O) groups is 1. The fourth-order valence-electron chi connectivity index (χ4n) is 1.99. The summed E-state index contributed by atoms with van der Waals surface area (Å²) in [7, 11) is 0. The molecule has 0 saturated carbocycles. The highest BCUT2D eigenvalue weighted by molar-refractivity contribution is 5.82. The van der Waals surface area contributed by atoms with Crippen molar-refractivity contribution in [2.24, 2.45) is 0 Å². The van der Waals surface area contributed by atoms with Gasteiger partial charge in [0.15, 0.2) is 5.78 Å². The van der Waals surface area contributed by atoms with E-state index >= 15 is 0 Å². The van der Waals surface area contributed by atoms with Crippen molar-refractivity contribution >= 4 is 5.78 Å². The molecule has 0 bridgehead atoms. The van der Waals surface area contributed by atoms with E-state index in [1.165, 1.54) is 4.90 Å². The molecule has 0 radical (unpaired) electrons. The van der Waals surface area contributed by atoms with Crippen LogP contribution in [-0.4, -0.2) is 29.7 Å². The van der Waals surface area contributed by atoms with Crippen LogP contribution in [0.25, 0.3) is 0 Å². The molecule has 86 valence electrons. The molecule has 1 heterocycles. The maximum absolute atomic E-state index is 13.1. The predicted molar refractivity (Wildman–Crippen MR) is 56.3 cm³/mol. The maximum Gasteiger partial charge on any atom is 0.267 e. The Morgan fingerprint density at radius 2 is 1.94 bits per heavy atom. The number of nitrogens with zero attached hydrogens (tertiary/aromatic N) is 1. The van der Waals surface area contributed by atoms with Crippen LogP contribution in [0.2, 0.25) is 0 Å². The molecule has 0 aromatic heterocycles. The van der Waals surface area contributed by atoms with E-state index in [1.807, 2.05) is 30.3 Å². The molecule has 0 aliphatic carbocycles. The van der Waals surface area contributed by atoms with Crippen LogP contribution in [0.1, 0.15) is 12.0 Å². The standard InChI is InChI=1S/C12H13F2NO/c13-12(14)6-11(16)8-15(9-12)7-10-4-2-1-3-5-10/h1-5H,6-9H2. The highest BCUT2D eigenvalue weighted by Gasteiger charge is 2.39. The molecule has 0 unspecified atom stereocenters. The molecule has 1 aromatic rings. The summed E-state index contributed by atoms with van der Waals surface area (Å²) in [4.78, 5) is 12.7. The first-order valence-corrected chi connectivity index (χ1v) is 5.21. The smallest absolute Gasteiger partial charge is 0.267 e. The molecule has 1 aromatic carbocycles. The topological polar surface area (TPSA) is 20.3 Å². The minimum atomic E-state index is -2.87. The first-order valence-electron chi connectivity index (χ1n) is 5.21. The van der Waals surface area contributed by atoms with E-state index in [-0.39, 0.29) is 18.9 Å². The summed E-state index contributed by atoms with van der Waals surface area (Å²) in [5.74, 6) is -3.25. The summed E-state index contributed by atoms with van der Waals surface area (Å²) in [6.07, 6.45) is -0.613. The Morgan fingerprint density at radius 1 is 1.25 bits per heavy atom. The van der Waals surface area contributed by atoms with Crippen LogP contribution in [0.15, 0.2) is 30.3 Å². The van der Waals surface area contributed by atoms with Gasteiger partial charge in [-0.15, -0.1) is 0 Å². The molecule has 2 nitrogen and oxygen atoms in total. The summed E-state index contributed by atoms with van der Waals surface area (Å²) in [6, 6.07) is 9.34. The second-order valence-corrected chi connectivity index (χ2v) is 4.20. The van der Waals surface area contributed by atoms with Gasteiger partial charge in [-0.2, -0.15) is 0 Å². The van der Waals surface area contributed by atoms with Crippen molar-refractivity contribution in [1.82, 2.24) is 4.90 Å². The molecule has 0 N–H and O–H groups in total. The zero-order chi connectivity index (χ0) is 11.6. The number of likely N-dealkylation sites (tertiary alicyclic amines) is 1. The van der Waals surface area contributed by atoms with Gasteiger partial charge in [0.1, 0.15) is 0 Å². The van der Waals surface area contributed by atoms with Crippen molar-refractivity contribution in [3.63, 3.8) is 0 Å². The minimum absolute atomic E-state index is 0.129. The van der Waals surface area contributed by atoms with Gasteiger partial charge in [-0.3, -0.25) is 9.69 Å². The number of Topliss-reactive ketones (excluding diaryl/α,β-unsaturated/α-hetero) is 1. The Labute approximate surface area is 92.9 Å². The van der Waals surface area contributed by atoms with Crippen molar-refractivity contribution in [3.05, 3.63) is 35.9 Å². The number of halogens is 2. The van der Waals surface area contributed by atoms with Crippen molar-refractivity contribution in [3.8, 4) is 0 Å². The highest BCUT2D eigenvalue weighted by atomic mass is 19.3. The fourth-order valence-corrected chi connectivity index (χ4v) is 1.99. The van der Waals surface area contributed by atoms with Gasteiger partial charge in [0.05, 0.1) is 19.5 Å². The molecule has 1 aliphatic rings. The Balaban J connectivity index is 2.03. The normalized spacial score (nSPS) is 21.0. The van der Waals surface area contributed by atoms with Crippen molar-refractivity contribution in [2.75, 3.05) is 13.1 Å². The highest BCUT2D eigenvalue weighted by Crippen LogP contribution is 2.25. The van der Waals surface area contributed by atoms with Crippen LogP contribution < -0.4 is 0 Å². The van der Waals surface area contributed by atoms with Gasteiger partial charge >= 0.3 is 0 Å². The zero-order valence-corrected chi connectivity index (χ0v) is 8.83. The molecular weight excluding hydrogens is 212 g/mol. The molecule has 16 heavy (non-hydrogen) atoms. The fraction of sp³-hybridized carbons (Fsp3) is 0.417. The van der Waals surface area contributed by atoms with Crippen LogP contribution >= 0.6 is 0 Å². The summed E-state index contributed by atoms with van der Waals surface area (Å²) in [6.45, 7) is 0.209. The monoisotopic (exact) mass is 225 g/mol. The van der Waals surface area contributed by atoms with E-state index in [9.17, 15) is 13.6 Å². The van der Waals surface area contributed by atoms with Gasteiger partial charge in [0.2, 0.25) is 0 Å². The number of alkyl halides is 2. The lowest BCUT2D eigenvalue weighted by Gasteiger charge is -2.31. The molecular formula is C12H13F2NO. The van der Waals surface area contributed by atoms with Crippen molar-refractivity contribution < 1.29 is 13.6 Å². The second kappa shape index (κ2) is 4.29. The molecule has 0 amide bonds. The van der Waals surface area contributed by atoms with Crippen LogP contribution in [0.5, 0.6) is 0 Å². The van der Waals surface area contributed by atoms with Crippen LogP contribution in [0.4, 0.5) is 8.78 Å². The summed E-state index contributed by atoms with van der Waals surface area (Å²) < 4.78 is 26.3. The van der Waals surface area contributed by atoms with Gasteiger partial charge < -0.3 is 0 Å². The Bertz CT molecular complexity index is 378. The number of rotatable bonds is 2. The van der Waals surface area contributed by atoms with Gasteiger partial charge in [0, 0.05) is 6.54 Å². The molecule has 0 atom stereocenters.